The van der Waals surface area contributed by atoms with Crippen LogP contribution in [0.25, 0.3) is 43.6 Å². The van der Waals surface area contributed by atoms with E-state index in [1.165, 1.54) is 0 Å². The van der Waals surface area contributed by atoms with E-state index in [1.54, 1.807) is 12.1 Å². The number of rotatable bonds is 2. The monoisotopic (exact) mass is 336 g/mol. The summed E-state index contributed by atoms with van der Waals surface area (Å²) in [7, 11) is 0. The fourth-order valence-electron chi connectivity index (χ4n) is 3.38. The second-order valence-electron chi connectivity index (χ2n) is 6.33. The summed E-state index contributed by atoms with van der Waals surface area (Å²) in [4.78, 5) is 31.6. The molecule has 0 N–H and O–H groups in total. The van der Waals surface area contributed by atoms with Crippen LogP contribution in [0.4, 0.5) is 0 Å². The van der Waals surface area contributed by atoms with Crippen LogP contribution in [-0.2, 0) is 0 Å². The second-order valence-corrected chi connectivity index (χ2v) is 6.33. The number of aromatic nitrogens is 2. The Bertz CT molecular complexity index is 1270. The Morgan fingerprint density at radius 3 is 1.42 bits per heavy atom. The van der Waals surface area contributed by atoms with E-state index in [2.05, 4.69) is 0 Å². The molecule has 0 fully saturated rings. The molecule has 4 heteroatoms. The van der Waals surface area contributed by atoms with Crippen molar-refractivity contribution in [2.45, 2.75) is 0 Å². The SMILES string of the molecule is O=Cc1ccc2nc3c(ccc4cc5cc(C=O)ccc5nc43)cc2c1. The third-order valence-corrected chi connectivity index (χ3v) is 4.68. The summed E-state index contributed by atoms with van der Waals surface area (Å²) in [5.41, 5.74) is 4.58. The minimum absolute atomic E-state index is 0.634. The number of fused-ring (bicyclic) bond motifs is 5. The van der Waals surface area contributed by atoms with Gasteiger partial charge < -0.3 is 0 Å². The predicted molar refractivity (Wildman–Crippen MR) is 103 cm³/mol. The molecule has 0 aliphatic rings. The topological polar surface area (TPSA) is 59.9 Å². The third kappa shape index (κ3) is 2.16. The fraction of sp³-hybridized carbons (Fsp3) is 0. The molecule has 0 atom stereocenters. The second kappa shape index (κ2) is 5.43. The Hall–Kier alpha value is -3.66. The first-order valence-electron chi connectivity index (χ1n) is 8.23. The average molecular weight is 336 g/mol. The van der Waals surface area contributed by atoms with Gasteiger partial charge in [0.25, 0.3) is 0 Å². The summed E-state index contributed by atoms with van der Waals surface area (Å²) in [5.74, 6) is 0. The molecule has 0 saturated heterocycles. The van der Waals surface area contributed by atoms with Gasteiger partial charge in [-0.3, -0.25) is 9.59 Å². The Morgan fingerprint density at radius 1 is 0.538 bits per heavy atom. The van der Waals surface area contributed by atoms with Crippen LogP contribution in [-0.4, -0.2) is 22.5 Å². The maximum absolute atomic E-state index is 11.0. The molecule has 0 bridgehead atoms. The van der Waals surface area contributed by atoms with Crippen molar-refractivity contribution in [3.05, 3.63) is 71.8 Å². The highest BCUT2D eigenvalue weighted by Gasteiger charge is 2.08. The van der Waals surface area contributed by atoms with Crippen LogP contribution in [0.15, 0.2) is 60.7 Å². The molecule has 4 nitrogen and oxygen atoms in total. The summed E-state index contributed by atoms with van der Waals surface area (Å²) in [6.45, 7) is 0. The number of pyridine rings is 2. The first kappa shape index (κ1) is 14.7. The van der Waals surface area contributed by atoms with Crippen molar-refractivity contribution in [1.82, 2.24) is 9.97 Å². The van der Waals surface area contributed by atoms with Gasteiger partial charge in [-0.1, -0.05) is 12.1 Å². The molecule has 5 aromatic rings. The number of nitrogens with zero attached hydrogens (tertiary/aromatic N) is 2. The van der Waals surface area contributed by atoms with Gasteiger partial charge in [-0.15, -0.1) is 0 Å². The summed E-state index contributed by atoms with van der Waals surface area (Å²) in [5, 5.41) is 3.81. The molecular formula is C22H12N2O2. The summed E-state index contributed by atoms with van der Waals surface area (Å²) < 4.78 is 0. The highest BCUT2D eigenvalue weighted by molar-refractivity contribution is 6.09. The zero-order valence-electron chi connectivity index (χ0n) is 13.6. The molecule has 3 aromatic carbocycles. The van der Waals surface area contributed by atoms with E-state index >= 15 is 0 Å². The van der Waals surface area contributed by atoms with Gasteiger partial charge in [-0.25, -0.2) is 9.97 Å². The number of carbonyl (C=O) groups is 2. The maximum Gasteiger partial charge on any atom is 0.150 e. The van der Waals surface area contributed by atoms with Crippen molar-refractivity contribution in [2.24, 2.45) is 0 Å². The Morgan fingerprint density at radius 2 is 1.00 bits per heavy atom. The summed E-state index contributed by atoms with van der Waals surface area (Å²) in [6.07, 6.45) is 1.68. The Balaban J connectivity index is 1.87. The first-order valence-corrected chi connectivity index (χ1v) is 8.23. The fourth-order valence-corrected chi connectivity index (χ4v) is 3.38. The van der Waals surface area contributed by atoms with Crippen molar-refractivity contribution >= 4 is 56.2 Å². The quantitative estimate of drug-likeness (QED) is 0.266. The lowest BCUT2D eigenvalue weighted by Crippen LogP contribution is -1.90. The van der Waals surface area contributed by atoms with E-state index in [-0.39, 0.29) is 0 Å². The lowest BCUT2D eigenvalue weighted by molar-refractivity contribution is 0.111. The molecule has 2 heterocycles. The molecule has 122 valence electrons. The largest absolute Gasteiger partial charge is 0.298 e. The number of carbonyl (C=O) groups excluding carboxylic acids is 2. The van der Waals surface area contributed by atoms with Crippen molar-refractivity contribution in [2.75, 3.05) is 0 Å². The van der Waals surface area contributed by atoms with Gasteiger partial charge in [0.1, 0.15) is 12.6 Å². The normalized spacial score (nSPS) is 11.4. The molecule has 0 spiro atoms. The van der Waals surface area contributed by atoms with Crippen LogP contribution in [0.1, 0.15) is 20.7 Å². The van der Waals surface area contributed by atoms with E-state index in [9.17, 15) is 9.59 Å². The van der Waals surface area contributed by atoms with Crippen LogP contribution in [0.2, 0.25) is 0 Å². The molecule has 0 aliphatic heterocycles. The van der Waals surface area contributed by atoms with Crippen LogP contribution in [0, 0.1) is 0 Å². The molecule has 2 aromatic heterocycles. The zero-order valence-corrected chi connectivity index (χ0v) is 13.6. The van der Waals surface area contributed by atoms with E-state index in [0.29, 0.717) is 11.1 Å². The standard InChI is InChI=1S/C22H12N2O2/c25-11-13-1-5-19-17(7-13)9-15-3-4-16-10-18-8-14(12-26)2-6-20(18)24-22(16)21(15)23-19/h1-12H. The smallest absolute Gasteiger partial charge is 0.150 e. The minimum atomic E-state index is 0.634. The predicted octanol–water partition coefficient (Wildman–Crippen LogP) is 4.71. The third-order valence-electron chi connectivity index (χ3n) is 4.68. The number of aldehydes is 2. The van der Waals surface area contributed by atoms with Gasteiger partial charge in [0.15, 0.2) is 0 Å². The first-order chi connectivity index (χ1) is 12.7. The number of hydrogen-bond donors (Lipinski definition) is 0. The highest BCUT2D eigenvalue weighted by atomic mass is 16.1. The van der Waals surface area contributed by atoms with E-state index in [1.807, 2.05) is 48.5 Å². The van der Waals surface area contributed by atoms with E-state index < -0.39 is 0 Å². The molecule has 0 unspecified atom stereocenters. The Kier molecular flexibility index (Phi) is 3.06. The van der Waals surface area contributed by atoms with Crippen LogP contribution >= 0.6 is 0 Å². The van der Waals surface area contributed by atoms with Crippen molar-refractivity contribution in [3.8, 4) is 0 Å². The zero-order chi connectivity index (χ0) is 17.7. The minimum Gasteiger partial charge on any atom is -0.298 e. The van der Waals surface area contributed by atoms with Gasteiger partial charge in [-0.2, -0.15) is 0 Å². The van der Waals surface area contributed by atoms with Crippen LogP contribution in [0.5, 0.6) is 0 Å². The number of hydrogen-bond acceptors (Lipinski definition) is 4. The van der Waals surface area contributed by atoms with Crippen LogP contribution in [0.3, 0.4) is 0 Å². The molecule has 0 aliphatic carbocycles. The molecule has 0 radical (unpaired) electrons. The Labute approximate surface area is 148 Å². The molecule has 0 saturated carbocycles. The lowest BCUT2D eigenvalue weighted by Gasteiger charge is -2.07. The van der Waals surface area contributed by atoms with Gasteiger partial charge in [0.05, 0.1) is 22.1 Å². The molecular weight excluding hydrogens is 324 g/mol. The van der Waals surface area contributed by atoms with Crippen molar-refractivity contribution in [3.63, 3.8) is 0 Å². The van der Waals surface area contributed by atoms with Crippen molar-refractivity contribution < 1.29 is 9.59 Å². The molecule has 5 rings (SSSR count). The average Bonchev–Trinajstić information content (AvgIpc) is 2.70. The molecule has 26 heavy (non-hydrogen) atoms. The van der Waals surface area contributed by atoms with Gasteiger partial charge in [0, 0.05) is 32.7 Å². The van der Waals surface area contributed by atoms with Crippen LogP contribution < -0.4 is 0 Å². The lowest BCUT2D eigenvalue weighted by atomic mass is 10.0. The highest BCUT2D eigenvalue weighted by Crippen LogP contribution is 2.28. The maximum atomic E-state index is 11.0. The van der Waals surface area contributed by atoms with E-state index in [0.717, 1.165) is 56.2 Å². The number of benzene rings is 3. The van der Waals surface area contributed by atoms with Gasteiger partial charge in [-0.05, 0) is 48.5 Å². The summed E-state index contributed by atoms with van der Waals surface area (Å²) >= 11 is 0. The van der Waals surface area contributed by atoms with Gasteiger partial charge in [0.2, 0.25) is 0 Å². The van der Waals surface area contributed by atoms with E-state index in [4.69, 9.17) is 9.97 Å². The van der Waals surface area contributed by atoms with Gasteiger partial charge >= 0.3 is 0 Å². The summed E-state index contributed by atoms with van der Waals surface area (Å²) in [6, 6.07) is 19.0. The van der Waals surface area contributed by atoms with Crippen molar-refractivity contribution in [1.29, 1.82) is 0 Å². The molecule has 0 amide bonds.